The van der Waals surface area contributed by atoms with Crippen LogP contribution in [0.4, 0.5) is 0 Å². The van der Waals surface area contributed by atoms with E-state index in [9.17, 15) is 0 Å². The number of fused-ring (bicyclic) bond motifs is 1. The van der Waals surface area contributed by atoms with Gasteiger partial charge in [0.15, 0.2) is 0 Å². The molecule has 2 nitrogen and oxygen atoms in total. The topological polar surface area (TPSA) is 29.5 Å². The Morgan fingerprint density at radius 1 is 1.44 bits per heavy atom. The molecule has 2 rings (SSSR count). The molecule has 1 aromatic rings. The Bertz CT molecular complexity index is 388. The second-order valence-electron chi connectivity index (χ2n) is 4.20. The molecule has 0 unspecified atom stereocenters. The number of halogens is 1. The lowest BCUT2D eigenvalue weighted by Crippen LogP contribution is -1.99. The Balaban J connectivity index is 2.39. The van der Waals surface area contributed by atoms with Gasteiger partial charge in [-0.05, 0) is 48.8 Å². The largest absolute Gasteiger partial charge is 0.495 e. The zero-order valence-electron chi connectivity index (χ0n) is 9.55. The first-order chi connectivity index (χ1) is 7.77. The number of hydrogen-bond donors (Lipinski definition) is 1. The number of rotatable bonds is 4. The summed E-state index contributed by atoms with van der Waals surface area (Å²) >= 11 is 6.35. The molecule has 0 bridgehead atoms. The molecule has 1 aliphatic rings. The maximum absolute atomic E-state index is 8.88. The Morgan fingerprint density at radius 2 is 2.25 bits per heavy atom. The molecular formula is C13H17ClO2. The van der Waals surface area contributed by atoms with Crippen molar-refractivity contribution in [2.75, 3.05) is 13.7 Å². The van der Waals surface area contributed by atoms with Crippen LogP contribution in [0.25, 0.3) is 0 Å². The number of aryl methyl sites for hydroxylation is 2. The molecule has 0 aliphatic heterocycles. The summed E-state index contributed by atoms with van der Waals surface area (Å²) < 4.78 is 5.38. The molecule has 0 amide bonds. The zero-order chi connectivity index (χ0) is 11.5. The molecule has 3 heteroatoms. The summed E-state index contributed by atoms with van der Waals surface area (Å²) in [6.45, 7) is 0.206. The van der Waals surface area contributed by atoms with Gasteiger partial charge < -0.3 is 9.84 Å². The summed E-state index contributed by atoms with van der Waals surface area (Å²) in [7, 11) is 1.66. The van der Waals surface area contributed by atoms with Crippen molar-refractivity contribution in [3.63, 3.8) is 0 Å². The highest BCUT2D eigenvalue weighted by Crippen LogP contribution is 2.39. The quantitative estimate of drug-likeness (QED) is 0.877. The fraction of sp³-hybridized carbons (Fsp3) is 0.538. The first-order valence-corrected chi connectivity index (χ1v) is 6.13. The number of aliphatic hydroxyl groups is 1. The Kier molecular flexibility index (Phi) is 3.72. The van der Waals surface area contributed by atoms with Gasteiger partial charge >= 0.3 is 0 Å². The van der Waals surface area contributed by atoms with Gasteiger partial charge in [0.05, 0.1) is 12.1 Å². The second-order valence-corrected chi connectivity index (χ2v) is 4.58. The van der Waals surface area contributed by atoms with Crippen LogP contribution in [0.2, 0.25) is 5.02 Å². The van der Waals surface area contributed by atoms with Crippen LogP contribution in [-0.4, -0.2) is 18.8 Å². The number of ether oxygens (including phenoxy) is 1. The first-order valence-electron chi connectivity index (χ1n) is 5.76. The van der Waals surface area contributed by atoms with Crippen molar-refractivity contribution in [2.24, 2.45) is 0 Å². The lowest BCUT2D eigenvalue weighted by Gasteiger charge is -2.14. The van der Waals surface area contributed by atoms with E-state index < -0.39 is 0 Å². The van der Waals surface area contributed by atoms with Gasteiger partial charge in [-0.2, -0.15) is 0 Å². The molecule has 88 valence electrons. The lowest BCUT2D eigenvalue weighted by atomic mass is 10.0. The van der Waals surface area contributed by atoms with Crippen LogP contribution in [0.5, 0.6) is 5.75 Å². The zero-order valence-corrected chi connectivity index (χ0v) is 10.3. The molecular weight excluding hydrogens is 224 g/mol. The van der Waals surface area contributed by atoms with Gasteiger partial charge in [-0.15, -0.1) is 0 Å². The molecule has 0 saturated carbocycles. The van der Waals surface area contributed by atoms with Gasteiger partial charge in [-0.3, -0.25) is 0 Å². The van der Waals surface area contributed by atoms with Gasteiger partial charge in [0.25, 0.3) is 0 Å². The van der Waals surface area contributed by atoms with Crippen molar-refractivity contribution in [2.45, 2.75) is 32.1 Å². The summed E-state index contributed by atoms with van der Waals surface area (Å²) in [5.74, 6) is 0.802. The minimum Gasteiger partial charge on any atom is -0.495 e. The number of hydrogen-bond acceptors (Lipinski definition) is 2. The molecule has 1 aliphatic carbocycles. The van der Waals surface area contributed by atoms with Crippen molar-refractivity contribution in [3.05, 3.63) is 27.8 Å². The van der Waals surface area contributed by atoms with Gasteiger partial charge in [0.1, 0.15) is 5.75 Å². The summed E-state index contributed by atoms with van der Waals surface area (Å²) in [5, 5.41) is 9.66. The third kappa shape index (κ3) is 2.04. The lowest BCUT2D eigenvalue weighted by molar-refractivity contribution is 0.287. The Labute approximate surface area is 101 Å². The number of benzene rings is 1. The van der Waals surface area contributed by atoms with E-state index in [2.05, 4.69) is 6.07 Å². The van der Waals surface area contributed by atoms with Crippen molar-refractivity contribution >= 4 is 11.6 Å². The van der Waals surface area contributed by atoms with Crippen LogP contribution in [0.15, 0.2) is 6.07 Å². The summed E-state index contributed by atoms with van der Waals surface area (Å²) in [6.07, 6.45) is 4.94. The molecule has 1 aromatic carbocycles. The van der Waals surface area contributed by atoms with Crippen LogP contribution in [0, 0.1) is 0 Å². The minimum atomic E-state index is 0.206. The predicted molar refractivity (Wildman–Crippen MR) is 65.4 cm³/mol. The highest BCUT2D eigenvalue weighted by molar-refractivity contribution is 6.33. The van der Waals surface area contributed by atoms with E-state index in [1.165, 1.54) is 17.5 Å². The molecule has 0 radical (unpaired) electrons. The van der Waals surface area contributed by atoms with Crippen LogP contribution < -0.4 is 4.74 Å². The van der Waals surface area contributed by atoms with E-state index in [0.29, 0.717) is 0 Å². The molecule has 1 N–H and O–H groups in total. The normalized spacial score (nSPS) is 13.9. The van der Waals surface area contributed by atoms with E-state index in [-0.39, 0.29) is 6.61 Å². The van der Waals surface area contributed by atoms with Crippen molar-refractivity contribution in [3.8, 4) is 5.75 Å². The second kappa shape index (κ2) is 5.07. The number of aliphatic hydroxyl groups excluding tert-OH is 1. The van der Waals surface area contributed by atoms with Gasteiger partial charge in [0.2, 0.25) is 0 Å². The fourth-order valence-electron chi connectivity index (χ4n) is 2.41. The van der Waals surface area contributed by atoms with Crippen molar-refractivity contribution < 1.29 is 9.84 Å². The highest BCUT2D eigenvalue weighted by Gasteiger charge is 2.20. The first kappa shape index (κ1) is 11.7. The van der Waals surface area contributed by atoms with E-state index in [0.717, 1.165) is 42.0 Å². The van der Waals surface area contributed by atoms with E-state index in [4.69, 9.17) is 21.4 Å². The van der Waals surface area contributed by atoms with Crippen LogP contribution in [-0.2, 0) is 19.3 Å². The van der Waals surface area contributed by atoms with E-state index in [1.807, 2.05) is 0 Å². The maximum atomic E-state index is 8.88. The smallest absolute Gasteiger partial charge is 0.140 e. The third-order valence-corrected chi connectivity index (χ3v) is 3.57. The van der Waals surface area contributed by atoms with E-state index in [1.54, 1.807) is 7.11 Å². The van der Waals surface area contributed by atoms with Crippen LogP contribution >= 0.6 is 11.6 Å². The average Bonchev–Trinajstić information content (AvgIpc) is 2.75. The molecule has 0 atom stereocenters. The Hall–Kier alpha value is -0.730. The molecule has 0 fully saturated rings. The molecule has 16 heavy (non-hydrogen) atoms. The SMILES string of the molecule is COc1c(CCCO)cc2c(c1Cl)CCC2. The maximum Gasteiger partial charge on any atom is 0.140 e. The fourth-order valence-corrected chi connectivity index (χ4v) is 2.82. The molecule has 0 heterocycles. The standard InChI is InChI=1S/C13H17ClO2/c1-16-13-10(5-3-7-15)8-9-4-2-6-11(9)12(13)14/h8,15H,2-7H2,1H3. The third-order valence-electron chi connectivity index (χ3n) is 3.17. The molecule has 0 spiro atoms. The summed E-state index contributed by atoms with van der Waals surface area (Å²) in [6, 6.07) is 2.20. The minimum absolute atomic E-state index is 0.206. The average molecular weight is 241 g/mol. The van der Waals surface area contributed by atoms with Gasteiger partial charge in [-0.1, -0.05) is 17.7 Å². The van der Waals surface area contributed by atoms with E-state index >= 15 is 0 Å². The highest BCUT2D eigenvalue weighted by atomic mass is 35.5. The number of methoxy groups -OCH3 is 1. The predicted octanol–water partition coefficient (Wildman–Crippen LogP) is 2.76. The summed E-state index contributed by atoms with van der Waals surface area (Å²) in [5.41, 5.74) is 3.74. The molecule has 0 saturated heterocycles. The van der Waals surface area contributed by atoms with Crippen molar-refractivity contribution in [1.29, 1.82) is 0 Å². The van der Waals surface area contributed by atoms with Crippen LogP contribution in [0.3, 0.4) is 0 Å². The monoisotopic (exact) mass is 240 g/mol. The summed E-state index contributed by atoms with van der Waals surface area (Å²) in [4.78, 5) is 0. The van der Waals surface area contributed by atoms with Gasteiger partial charge in [0, 0.05) is 6.61 Å². The van der Waals surface area contributed by atoms with Crippen LogP contribution in [0.1, 0.15) is 29.5 Å². The molecule has 0 aromatic heterocycles. The Morgan fingerprint density at radius 3 is 2.94 bits per heavy atom. The van der Waals surface area contributed by atoms with Crippen molar-refractivity contribution in [1.82, 2.24) is 0 Å². The van der Waals surface area contributed by atoms with Gasteiger partial charge in [-0.25, -0.2) is 0 Å².